The first-order valence-electron chi connectivity index (χ1n) is 7.95. The molecule has 9 heteroatoms. The molecule has 0 radical (unpaired) electrons. The number of nitrogens with one attached hydrogen (secondary N) is 1. The molecule has 0 aliphatic carbocycles. The summed E-state index contributed by atoms with van der Waals surface area (Å²) in [6.45, 7) is 0.711. The molecule has 1 saturated heterocycles. The van der Waals surface area contributed by atoms with E-state index < -0.39 is 18.1 Å². The summed E-state index contributed by atoms with van der Waals surface area (Å²) in [5.74, 6) is -0.0406. The van der Waals surface area contributed by atoms with Crippen molar-refractivity contribution in [2.45, 2.75) is 18.6 Å². The van der Waals surface area contributed by atoms with E-state index in [4.69, 9.17) is 22.6 Å². The molecule has 0 saturated carbocycles. The van der Waals surface area contributed by atoms with Gasteiger partial charge in [0.1, 0.15) is 23.2 Å². The van der Waals surface area contributed by atoms with Gasteiger partial charge in [0.2, 0.25) is 0 Å². The van der Waals surface area contributed by atoms with Crippen LogP contribution in [-0.4, -0.2) is 41.2 Å². The molecule has 1 aliphatic heterocycles. The zero-order valence-electron chi connectivity index (χ0n) is 13.7. The average Bonchev–Trinajstić information content (AvgIpc) is 2.63. The standard InChI is InChI=1S/C17H16ClFN6O/c18-15-5-14(11(8-22-15)17(21)26)24-13-3-4-25(9-12(13)19)16-2-1-10(6-20)7-23-16/h1-2,5,7-8,12-13H,3-4,9H2,(H2,21,26)(H,22,24)/t12-,13+/m0/s1. The molecule has 0 unspecified atom stereocenters. The molecule has 0 aromatic carbocycles. The number of anilines is 2. The van der Waals surface area contributed by atoms with Crippen LogP contribution in [0, 0.1) is 11.3 Å². The van der Waals surface area contributed by atoms with Crippen molar-refractivity contribution in [2.24, 2.45) is 5.73 Å². The Morgan fingerprint density at radius 1 is 1.42 bits per heavy atom. The SMILES string of the molecule is N#Cc1ccc(N2CC[C@@H](Nc3cc(Cl)ncc3C(N)=O)[C@@H](F)C2)nc1. The van der Waals surface area contributed by atoms with E-state index in [2.05, 4.69) is 15.3 Å². The van der Waals surface area contributed by atoms with Crippen LogP contribution in [0.5, 0.6) is 0 Å². The normalized spacial score (nSPS) is 19.7. The molecule has 2 aromatic heterocycles. The Kier molecular flexibility index (Phi) is 5.19. The number of amides is 1. The van der Waals surface area contributed by atoms with Crippen molar-refractivity contribution in [1.29, 1.82) is 5.26 Å². The fourth-order valence-corrected chi connectivity index (χ4v) is 3.02. The number of nitrogens with two attached hydrogens (primary N) is 1. The van der Waals surface area contributed by atoms with Crippen LogP contribution >= 0.6 is 11.6 Å². The summed E-state index contributed by atoms with van der Waals surface area (Å²) in [7, 11) is 0. The lowest BCUT2D eigenvalue weighted by atomic mass is 10.0. The third kappa shape index (κ3) is 3.83. The molecule has 134 valence electrons. The van der Waals surface area contributed by atoms with Gasteiger partial charge in [-0.15, -0.1) is 0 Å². The van der Waals surface area contributed by atoms with Crippen LogP contribution in [-0.2, 0) is 0 Å². The van der Waals surface area contributed by atoms with Gasteiger partial charge in [0.15, 0.2) is 0 Å². The Morgan fingerprint density at radius 2 is 2.23 bits per heavy atom. The third-order valence-electron chi connectivity index (χ3n) is 4.22. The maximum atomic E-state index is 14.7. The van der Waals surface area contributed by atoms with Crippen LogP contribution in [0.3, 0.4) is 0 Å². The summed E-state index contributed by atoms with van der Waals surface area (Å²) in [5, 5.41) is 12.0. The summed E-state index contributed by atoms with van der Waals surface area (Å²) in [4.78, 5) is 21.4. The first kappa shape index (κ1) is 17.9. The van der Waals surface area contributed by atoms with Gasteiger partial charge in [-0.25, -0.2) is 14.4 Å². The van der Waals surface area contributed by atoms with E-state index in [0.29, 0.717) is 30.0 Å². The topological polar surface area (TPSA) is 108 Å². The van der Waals surface area contributed by atoms with Gasteiger partial charge in [-0.1, -0.05) is 11.6 Å². The van der Waals surface area contributed by atoms with Crippen molar-refractivity contribution in [2.75, 3.05) is 23.3 Å². The highest BCUT2D eigenvalue weighted by molar-refractivity contribution is 6.29. The van der Waals surface area contributed by atoms with Crippen molar-refractivity contribution < 1.29 is 9.18 Å². The van der Waals surface area contributed by atoms with Gasteiger partial charge in [0.05, 0.1) is 29.4 Å². The number of primary amides is 1. The Balaban J connectivity index is 1.71. The number of pyridine rings is 2. The van der Waals surface area contributed by atoms with Crippen molar-refractivity contribution in [3.63, 3.8) is 0 Å². The second-order valence-electron chi connectivity index (χ2n) is 5.94. The molecule has 0 spiro atoms. The molecule has 1 aliphatic rings. The fraction of sp³-hybridized carbons (Fsp3) is 0.294. The molecule has 2 atom stereocenters. The molecule has 3 heterocycles. The zero-order valence-corrected chi connectivity index (χ0v) is 14.4. The largest absolute Gasteiger partial charge is 0.378 e. The van der Waals surface area contributed by atoms with Crippen LogP contribution in [0.2, 0.25) is 5.15 Å². The van der Waals surface area contributed by atoms with Crippen LogP contribution in [0.25, 0.3) is 0 Å². The summed E-state index contributed by atoms with van der Waals surface area (Å²) in [6, 6.07) is 6.31. The molecular weight excluding hydrogens is 359 g/mol. The van der Waals surface area contributed by atoms with E-state index in [9.17, 15) is 9.18 Å². The summed E-state index contributed by atoms with van der Waals surface area (Å²) >= 11 is 5.87. The van der Waals surface area contributed by atoms with E-state index in [1.807, 2.05) is 11.0 Å². The summed E-state index contributed by atoms with van der Waals surface area (Å²) in [5.41, 5.74) is 6.32. The smallest absolute Gasteiger partial charge is 0.252 e. The predicted octanol–water partition coefficient (Wildman–Crippen LogP) is 2.13. The summed E-state index contributed by atoms with van der Waals surface area (Å²) in [6.07, 6.45) is 2.02. The van der Waals surface area contributed by atoms with Gasteiger partial charge in [0, 0.05) is 18.9 Å². The van der Waals surface area contributed by atoms with Crippen LogP contribution in [0.1, 0.15) is 22.3 Å². The van der Waals surface area contributed by atoms with Gasteiger partial charge in [-0.05, 0) is 24.6 Å². The number of nitriles is 1. The molecule has 1 fully saturated rings. The Morgan fingerprint density at radius 3 is 2.85 bits per heavy atom. The highest BCUT2D eigenvalue weighted by Crippen LogP contribution is 2.25. The van der Waals surface area contributed by atoms with E-state index >= 15 is 0 Å². The van der Waals surface area contributed by atoms with Gasteiger partial charge < -0.3 is 16.0 Å². The van der Waals surface area contributed by atoms with Gasteiger partial charge in [0.25, 0.3) is 5.91 Å². The minimum Gasteiger partial charge on any atom is -0.378 e. The Bertz CT molecular complexity index is 853. The number of halogens is 2. The van der Waals surface area contributed by atoms with Crippen LogP contribution in [0.4, 0.5) is 15.9 Å². The lowest BCUT2D eigenvalue weighted by Crippen LogP contribution is -2.48. The fourth-order valence-electron chi connectivity index (χ4n) is 2.86. The highest BCUT2D eigenvalue weighted by atomic mass is 35.5. The van der Waals surface area contributed by atoms with Gasteiger partial charge in [-0.3, -0.25) is 4.79 Å². The van der Waals surface area contributed by atoms with E-state index in [-0.39, 0.29) is 17.3 Å². The maximum absolute atomic E-state index is 14.7. The predicted molar refractivity (Wildman–Crippen MR) is 95.9 cm³/mol. The number of nitrogens with zero attached hydrogens (tertiary/aromatic N) is 4. The van der Waals surface area contributed by atoms with Crippen LogP contribution in [0.15, 0.2) is 30.6 Å². The number of aromatic nitrogens is 2. The second-order valence-corrected chi connectivity index (χ2v) is 6.32. The van der Waals surface area contributed by atoms with Gasteiger partial charge in [-0.2, -0.15) is 5.26 Å². The number of alkyl halides is 1. The Hall–Kier alpha value is -2.92. The second kappa shape index (κ2) is 7.54. The zero-order chi connectivity index (χ0) is 18.7. The number of piperidine rings is 1. The number of carbonyl (C=O) groups excluding carboxylic acids is 1. The monoisotopic (exact) mass is 374 g/mol. The van der Waals surface area contributed by atoms with Gasteiger partial charge >= 0.3 is 0 Å². The van der Waals surface area contributed by atoms with E-state index in [1.54, 1.807) is 12.1 Å². The molecule has 26 heavy (non-hydrogen) atoms. The van der Waals surface area contributed by atoms with Crippen molar-refractivity contribution in [3.05, 3.63) is 46.9 Å². The molecule has 3 N–H and O–H groups in total. The number of rotatable bonds is 4. The third-order valence-corrected chi connectivity index (χ3v) is 4.43. The molecule has 7 nitrogen and oxygen atoms in total. The van der Waals surface area contributed by atoms with E-state index in [1.165, 1.54) is 18.5 Å². The highest BCUT2D eigenvalue weighted by Gasteiger charge is 2.30. The minimum atomic E-state index is -1.20. The molecule has 1 amide bonds. The minimum absolute atomic E-state index is 0.140. The first-order chi connectivity index (χ1) is 12.5. The molecule has 0 bridgehead atoms. The maximum Gasteiger partial charge on any atom is 0.252 e. The number of carbonyl (C=O) groups is 1. The van der Waals surface area contributed by atoms with E-state index in [0.717, 1.165) is 0 Å². The van der Waals surface area contributed by atoms with Crippen molar-refractivity contribution in [1.82, 2.24) is 9.97 Å². The first-order valence-corrected chi connectivity index (χ1v) is 8.33. The van der Waals surface area contributed by atoms with Crippen molar-refractivity contribution in [3.8, 4) is 6.07 Å². The average molecular weight is 375 g/mol. The lowest BCUT2D eigenvalue weighted by Gasteiger charge is -2.36. The molecular formula is C17H16ClFN6O. The molecule has 3 rings (SSSR count). The molecule has 2 aromatic rings. The van der Waals surface area contributed by atoms with Crippen LogP contribution < -0.4 is 16.0 Å². The van der Waals surface area contributed by atoms with Crippen molar-refractivity contribution >= 4 is 29.0 Å². The number of hydrogen-bond acceptors (Lipinski definition) is 6. The summed E-state index contributed by atoms with van der Waals surface area (Å²) < 4.78 is 14.7. The number of hydrogen-bond donors (Lipinski definition) is 2. The Labute approximate surface area is 154 Å². The lowest BCUT2D eigenvalue weighted by molar-refractivity contribution is 0.100. The quantitative estimate of drug-likeness (QED) is 0.794.